The highest BCUT2D eigenvalue weighted by Crippen LogP contribution is 2.25. The minimum atomic E-state index is -0.218. The van der Waals surface area contributed by atoms with Crippen molar-refractivity contribution in [3.05, 3.63) is 28.8 Å². The number of amides is 2. The van der Waals surface area contributed by atoms with Gasteiger partial charge in [-0.25, -0.2) is 4.79 Å². The smallest absolute Gasteiger partial charge is 0.314 e. The van der Waals surface area contributed by atoms with Crippen LogP contribution in [0.1, 0.15) is 12.5 Å². The predicted octanol–water partition coefficient (Wildman–Crippen LogP) is 2.17. The molecule has 0 bridgehead atoms. The van der Waals surface area contributed by atoms with Gasteiger partial charge in [0.1, 0.15) is 5.75 Å². The van der Waals surface area contributed by atoms with E-state index in [1.165, 1.54) is 0 Å². The molecule has 0 atom stereocenters. The van der Waals surface area contributed by atoms with Crippen LogP contribution >= 0.6 is 11.6 Å². The number of rotatable bonds is 4. The number of urea groups is 1. The van der Waals surface area contributed by atoms with Gasteiger partial charge >= 0.3 is 6.03 Å². The Morgan fingerprint density at radius 1 is 1.50 bits per heavy atom. The third-order valence-corrected chi connectivity index (χ3v) is 2.27. The Hall–Kier alpha value is -1.42. The second-order valence-electron chi connectivity index (χ2n) is 3.13. The Kier molecular flexibility index (Phi) is 4.92. The molecule has 16 heavy (non-hydrogen) atoms. The fraction of sp³-hybridized carbons (Fsp3) is 0.364. The monoisotopic (exact) mass is 242 g/mol. The van der Waals surface area contributed by atoms with Crippen LogP contribution in [0.25, 0.3) is 0 Å². The molecular formula is C11H15ClN2O2. The molecule has 0 fully saturated rings. The SMILES string of the molecule is CCOc1ccc(CNC(=O)NC)cc1Cl. The van der Waals surface area contributed by atoms with E-state index in [4.69, 9.17) is 16.3 Å². The molecule has 0 unspecified atom stereocenters. The summed E-state index contributed by atoms with van der Waals surface area (Å²) in [5, 5.41) is 5.71. The minimum absolute atomic E-state index is 0.218. The third kappa shape index (κ3) is 3.62. The molecule has 0 aromatic heterocycles. The van der Waals surface area contributed by atoms with Crippen molar-refractivity contribution in [2.75, 3.05) is 13.7 Å². The van der Waals surface area contributed by atoms with Crippen LogP contribution in [-0.4, -0.2) is 19.7 Å². The maximum atomic E-state index is 11.0. The van der Waals surface area contributed by atoms with Crippen molar-refractivity contribution in [3.63, 3.8) is 0 Å². The van der Waals surface area contributed by atoms with Crippen LogP contribution in [0, 0.1) is 0 Å². The molecule has 0 spiro atoms. The van der Waals surface area contributed by atoms with Gasteiger partial charge in [-0.3, -0.25) is 0 Å². The molecule has 0 aliphatic carbocycles. The zero-order valence-corrected chi connectivity index (χ0v) is 10.1. The number of benzene rings is 1. The second-order valence-corrected chi connectivity index (χ2v) is 3.54. The van der Waals surface area contributed by atoms with E-state index in [1.807, 2.05) is 13.0 Å². The quantitative estimate of drug-likeness (QED) is 0.850. The molecule has 1 rings (SSSR count). The molecule has 1 aromatic rings. The number of nitrogens with one attached hydrogen (secondary N) is 2. The van der Waals surface area contributed by atoms with Crippen molar-refractivity contribution in [2.24, 2.45) is 0 Å². The first-order chi connectivity index (χ1) is 7.67. The maximum absolute atomic E-state index is 11.0. The average Bonchev–Trinajstić information content (AvgIpc) is 2.29. The molecule has 0 saturated heterocycles. The van der Waals surface area contributed by atoms with E-state index in [1.54, 1.807) is 19.2 Å². The van der Waals surface area contributed by atoms with Crippen LogP contribution in [0.15, 0.2) is 18.2 Å². The summed E-state index contributed by atoms with van der Waals surface area (Å²) in [5.74, 6) is 0.660. The topological polar surface area (TPSA) is 50.4 Å². The normalized spacial score (nSPS) is 9.69. The molecule has 0 aliphatic rings. The van der Waals surface area contributed by atoms with Crippen molar-refractivity contribution >= 4 is 17.6 Å². The van der Waals surface area contributed by atoms with Gasteiger partial charge in [-0.15, -0.1) is 0 Å². The summed E-state index contributed by atoms with van der Waals surface area (Å²) in [4.78, 5) is 11.0. The number of ether oxygens (including phenoxy) is 1. The van der Waals surface area contributed by atoms with Gasteiger partial charge in [0.2, 0.25) is 0 Å². The van der Waals surface area contributed by atoms with E-state index in [9.17, 15) is 4.79 Å². The van der Waals surface area contributed by atoms with Crippen molar-refractivity contribution < 1.29 is 9.53 Å². The number of halogens is 1. The summed E-state index contributed by atoms with van der Waals surface area (Å²) in [6.07, 6.45) is 0. The first-order valence-corrected chi connectivity index (χ1v) is 5.42. The van der Waals surface area contributed by atoms with Crippen LogP contribution in [0.3, 0.4) is 0 Å². The van der Waals surface area contributed by atoms with E-state index in [2.05, 4.69) is 10.6 Å². The van der Waals surface area contributed by atoms with Gasteiger partial charge in [-0.1, -0.05) is 17.7 Å². The van der Waals surface area contributed by atoms with Gasteiger partial charge in [0.15, 0.2) is 0 Å². The Morgan fingerprint density at radius 2 is 2.25 bits per heavy atom. The minimum Gasteiger partial charge on any atom is -0.492 e. The first-order valence-electron chi connectivity index (χ1n) is 5.04. The molecule has 0 heterocycles. The molecule has 88 valence electrons. The van der Waals surface area contributed by atoms with Gasteiger partial charge in [-0.05, 0) is 24.6 Å². The van der Waals surface area contributed by atoms with Crippen LogP contribution < -0.4 is 15.4 Å². The molecule has 5 heteroatoms. The van der Waals surface area contributed by atoms with Gasteiger partial charge < -0.3 is 15.4 Å². The standard InChI is InChI=1S/C11H15ClN2O2/c1-3-16-10-5-4-8(6-9(10)12)7-14-11(15)13-2/h4-6H,3,7H2,1-2H3,(H2,13,14,15). The fourth-order valence-corrected chi connectivity index (χ4v) is 1.46. The molecule has 0 saturated carbocycles. The Morgan fingerprint density at radius 3 is 2.81 bits per heavy atom. The van der Waals surface area contributed by atoms with Gasteiger partial charge in [0.05, 0.1) is 11.6 Å². The molecular weight excluding hydrogens is 228 g/mol. The van der Waals surface area contributed by atoms with Crippen LogP contribution in [0.4, 0.5) is 4.79 Å². The Labute approximate surface area is 99.9 Å². The molecule has 0 aliphatic heterocycles. The van der Waals surface area contributed by atoms with E-state index in [0.717, 1.165) is 5.56 Å². The lowest BCUT2D eigenvalue weighted by molar-refractivity contribution is 0.242. The largest absolute Gasteiger partial charge is 0.492 e. The Bertz CT molecular complexity index is 369. The van der Waals surface area contributed by atoms with Crippen LogP contribution in [0.2, 0.25) is 5.02 Å². The fourth-order valence-electron chi connectivity index (χ4n) is 1.20. The molecule has 2 N–H and O–H groups in total. The lowest BCUT2D eigenvalue weighted by Crippen LogP contribution is -2.32. The molecule has 0 radical (unpaired) electrons. The predicted molar refractivity (Wildman–Crippen MR) is 63.9 cm³/mol. The highest BCUT2D eigenvalue weighted by molar-refractivity contribution is 6.32. The number of hydrogen-bond acceptors (Lipinski definition) is 2. The highest BCUT2D eigenvalue weighted by atomic mass is 35.5. The average molecular weight is 243 g/mol. The summed E-state index contributed by atoms with van der Waals surface area (Å²) in [6.45, 7) is 2.92. The van der Waals surface area contributed by atoms with Gasteiger partial charge in [-0.2, -0.15) is 0 Å². The first kappa shape index (κ1) is 12.6. The number of carbonyl (C=O) groups is 1. The maximum Gasteiger partial charge on any atom is 0.314 e. The van der Waals surface area contributed by atoms with E-state index >= 15 is 0 Å². The zero-order chi connectivity index (χ0) is 12.0. The van der Waals surface area contributed by atoms with E-state index < -0.39 is 0 Å². The Balaban J connectivity index is 2.62. The molecule has 1 aromatic carbocycles. The number of carbonyl (C=O) groups excluding carboxylic acids is 1. The van der Waals surface area contributed by atoms with Crippen LogP contribution in [0.5, 0.6) is 5.75 Å². The van der Waals surface area contributed by atoms with Gasteiger partial charge in [0.25, 0.3) is 0 Å². The highest BCUT2D eigenvalue weighted by Gasteiger charge is 2.03. The molecule has 4 nitrogen and oxygen atoms in total. The third-order valence-electron chi connectivity index (χ3n) is 1.98. The summed E-state index contributed by atoms with van der Waals surface area (Å²) in [7, 11) is 1.57. The van der Waals surface area contributed by atoms with Crippen molar-refractivity contribution in [3.8, 4) is 5.75 Å². The summed E-state index contributed by atoms with van der Waals surface area (Å²) >= 11 is 6.00. The van der Waals surface area contributed by atoms with E-state index in [-0.39, 0.29) is 6.03 Å². The summed E-state index contributed by atoms with van der Waals surface area (Å²) in [5.41, 5.74) is 0.928. The second kappa shape index (κ2) is 6.23. The summed E-state index contributed by atoms with van der Waals surface area (Å²) < 4.78 is 5.31. The van der Waals surface area contributed by atoms with Gasteiger partial charge in [0, 0.05) is 13.6 Å². The number of hydrogen-bond donors (Lipinski definition) is 2. The zero-order valence-electron chi connectivity index (χ0n) is 9.34. The van der Waals surface area contributed by atoms with Crippen LogP contribution in [-0.2, 0) is 6.54 Å². The van der Waals surface area contributed by atoms with Crippen molar-refractivity contribution in [2.45, 2.75) is 13.5 Å². The summed E-state index contributed by atoms with van der Waals surface area (Å²) in [6, 6.07) is 5.23. The van der Waals surface area contributed by atoms with E-state index in [0.29, 0.717) is 23.9 Å². The lowest BCUT2D eigenvalue weighted by atomic mass is 10.2. The molecule has 2 amide bonds. The van der Waals surface area contributed by atoms with Crippen molar-refractivity contribution in [1.29, 1.82) is 0 Å². The van der Waals surface area contributed by atoms with Crippen molar-refractivity contribution in [1.82, 2.24) is 10.6 Å². The lowest BCUT2D eigenvalue weighted by Gasteiger charge is -2.08.